The number of hydrogen-bond acceptors (Lipinski definition) is 5. The highest BCUT2D eigenvalue weighted by Crippen LogP contribution is 2.32. The molecule has 1 saturated heterocycles. The third kappa shape index (κ3) is 3.05. The second kappa shape index (κ2) is 6.83. The molecule has 26 heavy (non-hydrogen) atoms. The molecule has 0 amide bonds. The van der Waals surface area contributed by atoms with Crippen LogP contribution in [0.1, 0.15) is 18.9 Å². The molecule has 1 aliphatic rings. The molecule has 0 radical (unpaired) electrons. The molecule has 1 aliphatic heterocycles. The Balaban J connectivity index is 1.69. The van der Waals surface area contributed by atoms with Crippen LogP contribution in [-0.2, 0) is 4.74 Å². The Labute approximate surface area is 147 Å². The van der Waals surface area contributed by atoms with Crippen molar-refractivity contribution in [3.05, 3.63) is 43.1 Å². The second-order valence-corrected chi connectivity index (χ2v) is 6.25. The van der Waals surface area contributed by atoms with Gasteiger partial charge in [0, 0.05) is 35.9 Å². The number of halogens is 2. The van der Waals surface area contributed by atoms with E-state index in [1.807, 2.05) is 0 Å². The summed E-state index contributed by atoms with van der Waals surface area (Å²) in [4.78, 5) is 8.34. The Bertz CT molecular complexity index is 942. The first-order valence-corrected chi connectivity index (χ1v) is 8.28. The van der Waals surface area contributed by atoms with E-state index >= 15 is 0 Å². The van der Waals surface area contributed by atoms with Gasteiger partial charge < -0.3 is 9.94 Å². The van der Waals surface area contributed by atoms with E-state index in [2.05, 4.69) is 15.1 Å². The van der Waals surface area contributed by atoms with Crippen molar-refractivity contribution in [3.8, 4) is 11.3 Å². The third-order valence-corrected chi connectivity index (χ3v) is 4.70. The van der Waals surface area contributed by atoms with Gasteiger partial charge in [-0.2, -0.15) is 18.6 Å². The summed E-state index contributed by atoms with van der Waals surface area (Å²) in [5, 5.41) is 14.8. The fraction of sp³-hybridized carbons (Fsp3) is 0.353. The Hall–Kier alpha value is -2.81. The van der Waals surface area contributed by atoms with Crippen molar-refractivity contribution in [1.82, 2.24) is 24.5 Å². The fourth-order valence-corrected chi connectivity index (χ4v) is 3.39. The van der Waals surface area contributed by atoms with Crippen molar-refractivity contribution in [2.75, 3.05) is 13.2 Å². The highest BCUT2D eigenvalue weighted by Gasteiger charge is 2.27. The summed E-state index contributed by atoms with van der Waals surface area (Å²) < 4.78 is 33.3. The summed E-state index contributed by atoms with van der Waals surface area (Å²) in [6, 6.07) is 1.50. The fourth-order valence-electron chi connectivity index (χ4n) is 3.39. The van der Waals surface area contributed by atoms with Gasteiger partial charge in [0.1, 0.15) is 6.33 Å². The molecule has 0 saturated carbocycles. The van der Waals surface area contributed by atoms with Gasteiger partial charge in [0.25, 0.3) is 6.08 Å². The number of allylic oxidation sites excluding steroid dienone is 1. The van der Waals surface area contributed by atoms with Crippen molar-refractivity contribution in [1.29, 1.82) is 0 Å². The van der Waals surface area contributed by atoms with E-state index in [-0.39, 0.29) is 18.4 Å². The first kappa shape index (κ1) is 16.6. The van der Waals surface area contributed by atoms with Crippen molar-refractivity contribution in [3.63, 3.8) is 0 Å². The molecule has 9 heteroatoms. The third-order valence-electron chi connectivity index (χ3n) is 4.70. The minimum atomic E-state index is -1.69. The molecule has 2 atom stereocenters. The number of ether oxygens (including phenoxy) is 1. The quantitative estimate of drug-likeness (QED) is 0.706. The molecule has 1 N–H and O–H groups in total. The van der Waals surface area contributed by atoms with Crippen LogP contribution in [0.15, 0.2) is 43.1 Å². The van der Waals surface area contributed by atoms with E-state index in [4.69, 9.17) is 4.74 Å². The van der Waals surface area contributed by atoms with Crippen LogP contribution in [0.4, 0.5) is 8.78 Å². The van der Waals surface area contributed by atoms with Gasteiger partial charge in [-0.1, -0.05) is 0 Å². The Morgan fingerprint density at radius 3 is 3.08 bits per heavy atom. The lowest BCUT2D eigenvalue weighted by atomic mass is 9.96. The summed E-state index contributed by atoms with van der Waals surface area (Å²) in [6.07, 6.45) is 6.53. The van der Waals surface area contributed by atoms with Crippen LogP contribution in [0.3, 0.4) is 0 Å². The lowest BCUT2D eigenvalue weighted by molar-refractivity contribution is 0.170. The molecular weight excluding hydrogens is 344 g/mol. The highest BCUT2D eigenvalue weighted by molar-refractivity contribution is 5.90. The lowest BCUT2D eigenvalue weighted by Gasteiger charge is -2.21. The predicted octanol–water partition coefficient (Wildman–Crippen LogP) is 3.28. The van der Waals surface area contributed by atoms with Crippen molar-refractivity contribution in [2.24, 2.45) is 5.92 Å². The Kier molecular flexibility index (Phi) is 4.37. The van der Waals surface area contributed by atoms with Crippen LogP contribution in [0.2, 0.25) is 0 Å². The monoisotopic (exact) mass is 361 g/mol. The molecule has 4 rings (SSSR count). The van der Waals surface area contributed by atoms with Gasteiger partial charge in [0.05, 0.1) is 24.5 Å². The van der Waals surface area contributed by atoms with Crippen LogP contribution >= 0.6 is 0 Å². The minimum absolute atomic E-state index is 0.127. The van der Waals surface area contributed by atoms with Gasteiger partial charge in [-0.25, -0.2) is 9.97 Å². The van der Waals surface area contributed by atoms with Crippen LogP contribution in [0.25, 0.3) is 22.3 Å². The van der Waals surface area contributed by atoms with Gasteiger partial charge in [-0.15, -0.1) is 0 Å². The van der Waals surface area contributed by atoms with Gasteiger partial charge in [-0.05, 0) is 25.0 Å². The second-order valence-electron chi connectivity index (χ2n) is 6.25. The summed E-state index contributed by atoms with van der Waals surface area (Å²) in [7, 11) is 0. The van der Waals surface area contributed by atoms with E-state index in [9.17, 15) is 14.0 Å². The van der Waals surface area contributed by atoms with Gasteiger partial charge in [0.15, 0.2) is 5.65 Å². The number of rotatable bonds is 5. The summed E-state index contributed by atoms with van der Waals surface area (Å²) in [6.45, 7) is 1.17. The van der Waals surface area contributed by atoms with E-state index < -0.39 is 6.08 Å². The summed E-state index contributed by atoms with van der Waals surface area (Å²) >= 11 is 0. The van der Waals surface area contributed by atoms with Crippen LogP contribution < -0.4 is 0 Å². The topological polar surface area (TPSA) is 78.0 Å². The van der Waals surface area contributed by atoms with E-state index in [1.165, 1.54) is 12.5 Å². The summed E-state index contributed by atoms with van der Waals surface area (Å²) in [5.74, 6) is 0.127. The lowest BCUT2D eigenvalue weighted by Crippen LogP contribution is -2.20. The molecule has 136 valence electrons. The molecule has 3 aromatic heterocycles. The number of nitrogens with zero attached hydrogens (tertiary/aromatic N) is 5. The normalized spacial score (nSPS) is 18.3. The minimum Gasteiger partial charge on any atom is -0.427 e. The molecule has 0 aliphatic carbocycles. The predicted molar refractivity (Wildman–Crippen MR) is 88.8 cm³/mol. The molecule has 2 unspecified atom stereocenters. The van der Waals surface area contributed by atoms with Crippen molar-refractivity contribution < 1.29 is 18.7 Å². The standard InChI is InChI=1S/C17H17F2N5O2/c18-15(19)2-1-14(11-4-6-26-9-11)23-8-12(7-22-23)16-13-3-5-24(25)17(13)21-10-20-16/h2-3,5,7-8,10-11,14,25H,1,4,6,9H2. The molecule has 1 fully saturated rings. The maximum Gasteiger partial charge on any atom is 0.266 e. The van der Waals surface area contributed by atoms with E-state index in [1.54, 1.807) is 23.1 Å². The van der Waals surface area contributed by atoms with E-state index in [0.29, 0.717) is 29.9 Å². The largest absolute Gasteiger partial charge is 0.427 e. The van der Waals surface area contributed by atoms with Crippen LogP contribution in [-0.4, -0.2) is 42.9 Å². The molecule has 0 bridgehead atoms. The average molecular weight is 361 g/mol. The van der Waals surface area contributed by atoms with Gasteiger partial charge >= 0.3 is 0 Å². The maximum atomic E-state index is 12.6. The number of aromatic nitrogens is 5. The average Bonchev–Trinajstić information content (AvgIpc) is 3.37. The zero-order valence-electron chi connectivity index (χ0n) is 13.8. The van der Waals surface area contributed by atoms with Gasteiger partial charge in [0.2, 0.25) is 0 Å². The van der Waals surface area contributed by atoms with Crippen molar-refractivity contribution in [2.45, 2.75) is 18.9 Å². The molecule has 7 nitrogen and oxygen atoms in total. The van der Waals surface area contributed by atoms with Crippen LogP contribution in [0.5, 0.6) is 0 Å². The first-order chi connectivity index (χ1) is 12.6. The van der Waals surface area contributed by atoms with Crippen LogP contribution in [0, 0.1) is 5.92 Å². The first-order valence-electron chi connectivity index (χ1n) is 8.28. The highest BCUT2D eigenvalue weighted by atomic mass is 19.3. The molecule has 4 heterocycles. The Morgan fingerprint density at radius 2 is 2.31 bits per heavy atom. The van der Waals surface area contributed by atoms with Gasteiger partial charge in [-0.3, -0.25) is 4.68 Å². The molecular formula is C17H17F2N5O2. The summed E-state index contributed by atoms with van der Waals surface area (Å²) in [5.41, 5.74) is 1.76. The molecule has 0 spiro atoms. The smallest absolute Gasteiger partial charge is 0.266 e. The SMILES string of the molecule is On1ccc2c(-c3cnn(C(CC=C(F)F)C4CCOC4)c3)ncnc21. The molecule has 3 aromatic rings. The number of fused-ring (bicyclic) bond motifs is 1. The zero-order chi connectivity index (χ0) is 18.1. The number of hydrogen-bond donors (Lipinski definition) is 1. The Morgan fingerprint density at radius 1 is 1.42 bits per heavy atom. The maximum absolute atomic E-state index is 12.6. The molecule has 0 aromatic carbocycles. The van der Waals surface area contributed by atoms with E-state index in [0.717, 1.165) is 22.8 Å². The van der Waals surface area contributed by atoms with Crippen molar-refractivity contribution >= 4 is 11.0 Å². The zero-order valence-corrected chi connectivity index (χ0v) is 13.8.